The molecule has 8 nitrogen and oxygen atoms in total. The van der Waals surface area contributed by atoms with Crippen molar-refractivity contribution >= 4 is 6.96 Å². The average Bonchev–Trinajstić information content (AvgIpc) is 2.91. The summed E-state index contributed by atoms with van der Waals surface area (Å²) >= 11 is 0. The third-order valence-electron chi connectivity index (χ3n) is 5.56. The van der Waals surface area contributed by atoms with Crippen LogP contribution in [0.15, 0.2) is 97.1 Å². The highest BCUT2D eigenvalue weighted by Gasteiger charge is 2.33. The summed E-state index contributed by atoms with van der Waals surface area (Å²) in [6.07, 6.45) is 0. The largest absolute Gasteiger partial charge is 0.532 e. The van der Waals surface area contributed by atoms with Crippen LogP contribution in [0.1, 0.15) is 22.3 Å². The maximum atomic E-state index is 9.61. The number of phenolic OH excluding ortho intramolecular Hbond substituents is 4. The summed E-state index contributed by atoms with van der Waals surface area (Å²) in [6, 6.07) is 26.2. The Kier molecular flexibility index (Phi) is 8.66. The van der Waals surface area contributed by atoms with E-state index in [1.165, 1.54) is 0 Å². The van der Waals surface area contributed by atoms with Gasteiger partial charge in [0.25, 0.3) is 0 Å². The number of benzene rings is 4. The van der Waals surface area contributed by atoms with Gasteiger partial charge in [0.15, 0.2) is 0 Å². The molecule has 0 aliphatic rings. The van der Waals surface area contributed by atoms with Crippen LogP contribution in [0.4, 0.5) is 0 Å². The normalized spacial score (nSPS) is 11.5. The Balaban J connectivity index is 1.58. The van der Waals surface area contributed by atoms with E-state index in [4.69, 9.17) is 18.6 Å². The molecule has 0 atom stereocenters. The van der Waals surface area contributed by atoms with Crippen LogP contribution in [-0.4, -0.2) is 27.4 Å². The molecule has 37 heavy (non-hydrogen) atoms. The van der Waals surface area contributed by atoms with Crippen LogP contribution in [0.25, 0.3) is 0 Å². The van der Waals surface area contributed by atoms with Crippen molar-refractivity contribution in [2.75, 3.05) is 0 Å². The summed E-state index contributed by atoms with van der Waals surface area (Å²) in [5, 5.41) is 38.4. The standard InChI is InChI=1S/C28H28BO8/c30-25-9-1-21(2-10-25)17-34-29(35-18-22-3-11-26(31)12-4-22,36-19-23-5-13-27(32)14-6-23)37-20-24-7-15-28(33)16-8-24/h1-16,30-33H,17-20H2/q-1. The van der Waals surface area contributed by atoms with Gasteiger partial charge in [0.2, 0.25) is 0 Å². The first-order chi connectivity index (χ1) is 17.9. The second-order valence-corrected chi connectivity index (χ2v) is 8.49. The average molecular weight is 503 g/mol. The van der Waals surface area contributed by atoms with E-state index in [1.54, 1.807) is 97.1 Å². The molecule has 0 saturated heterocycles. The van der Waals surface area contributed by atoms with Gasteiger partial charge in [-0.15, -0.1) is 0 Å². The number of rotatable bonds is 12. The van der Waals surface area contributed by atoms with Crippen LogP contribution in [0, 0.1) is 0 Å². The van der Waals surface area contributed by atoms with Crippen molar-refractivity contribution < 1.29 is 39.0 Å². The monoisotopic (exact) mass is 503 g/mol. The van der Waals surface area contributed by atoms with Gasteiger partial charge in [-0.05, 0) is 70.8 Å². The van der Waals surface area contributed by atoms with Gasteiger partial charge in [-0.3, -0.25) is 0 Å². The first kappa shape index (κ1) is 26.1. The topological polar surface area (TPSA) is 118 Å². The van der Waals surface area contributed by atoms with Crippen molar-refractivity contribution in [1.82, 2.24) is 0 Å². The first-order valence-electron chi connectivity index (χ1n) is 11.7. The third kappa shape index (κ3) is 7.99. The predicted octanol–water partition coefficient (Wildman–Crippen LogP) is 5.11. The maximum Gasteiger partial charge on any atom is 0.532 e. The van der Waals surface area contributed by atoms with Gasteiger partial charge in [0.1, 0.15) is 23.0 Å². The molecule has 0 unspecified atom stereocenters. The van der Waals surface area contributed by atoms with Crippen molar-refractivity contribution in [1.29, 1.82) is 0 Å². The Bertz CT molecular complexity index is 1040. The van der Waals surface area contributed by atoms with Crippen LogP contribution >= 0.6 is 0 Å². The van der Waals surface area contributed by atoms with Crippen molar-refractivity contribution in [3.63, 3.8) is 0 Å². The molecule has 0 aromatic heterocycles. The van der Waals surface area contributed by atoms with Gasteiger partial charge < -0.3 is 39.0 Å². The molecule has 0 aliphatic carbocycles. The second kappa shape index (κ2) is 12.3. The van der Waals surface area contributed by atoms with Crippen molar-refractivity contribution in [2.45, 2.75) is 26.4 Å². The highest BCUT2D eigenvalue weighted by Crippen LogP contribution is 2.24. The lowest BCUT2D eigenvalue weighted by Crippen LogP contribution is -2.48. The van der Waals surface area contributed by atoms with Gasteiger partial charge in [-0.1, -0.05) is 48.5 Å². The van der Waals surface area contributed by atoms with Gasteiger partial charge in [-0.2, -0.15) is 0 Å². The van der Waals surface area contributed by atoms with Gasteiger partial charge in [0, 0.05) is 26.4 Å². The molecule has 0 spiro atoms. The molecule has 0 amide bonds. The molecule has 0 radical (unpaired) electrons. The minimum atomic E-state index is -2.80. The molecule has 4 aromatic carbocycles. The lowest BCUT2D eigenvalue weighted by molar-refractivity contribution is -0.0521. The quantitative estimate of drug-likeness (QED) is 0.197. The lowest BCUT2D eigenvalue weighted by Gasteiger charge is -2.41. The Hall–Kier alpha value is -4.02. The summed E-state index contributed by atoms with van der Waals surface area (Å²) in [7, 11) is 0. The summed E-state index contributed by atoms with van der Waals surface area (Å²) in [5.74, 6) is 0.542. The Morgan fingerprint density at radius 1 is 0.351 bits per heavy atom. The lowest BCUT2D eigenvalue weighted by atomic mass is 10.0. The summed E-state index contributed by atoms with van der Waals surface area (Å²) in [5.41, 5.74) is 3.05. The van der Waals surface area contributed by atoms with E-state index in [1.807, 2.05) is 0 Å². The van der Waals surface area contributed by atoms with E-state index >= 15 is 0 Å². The highest BCUT2D eigenvalue weighted by molar-refractivity contribution is 6.53. The highest BCUT2D eigenvalue weighted by atomic mass is 16.9. The Labute approximate surface area is 214 Å². The van der Waals surface area contributed by atoms with Gasteiger partial charge in [-0.25, -0.2) is 0 Å². The van der Waals surface area contributed by atoms with E-state index in [9.17, 15) is 20.4 Å². The smallest absolute Gasteiger partial charge is 0.515 e. The molecule has 0 aliphatic heterocycles. The number of phenols is 4. The minimum absolute atomic E-state index is 0.0704. The zero-order chi connectivity index (χ0) is 26.1. The van der Waals surface area contributed by atoms with Gasteiger partial charge in [0.05, 0.1) is 0 Å². The van der Waals surface area contributed by atoms with Crippen molar-refractivity contribution in [2.24, 2.45) is 0 Å². The molecule has 192 valence electrons. The fourth-order valence-corrected chi connectivity index (χ4v) is 3.45. The molecular formula is C28H28BO8-. The third-order valence-corrected chi connectivity index (χ3v) is 5.56. The second-order valence-electron chi connectivity index (χ2n) is 8.49. The summed E-state index contributed by atoms with van der Waals surface area (Å²) in [4.78, 5) is 0. The van der Waals surface area contributed by atoms with E-state index in [-0.39, 0.29) is 49.4 Å². The van der Waals surface area contributed by atoms with E-state index in [0.29, 0.717) is 0 Å². The molecule has 4 N–H and O–H groups in total. The van der Waals surface area contributed by atoms with Crippen LogP contribution in [0.2, 0.25) is 0 Å². The molecule has 4 rings (SSSR count). The molecule has 0 saturated carbocycles. The summed E-state index contributed by atoms with van der Waals surface area (Å²) < 4.78 is 24.6. The zero-order valence-electron chi connectivity index (χ0n) is 20.1. The SMILES string of the molecule is Oc1ccc(CO[B-](OCc2ccc(O)cc2)(OCc2ccc(O)cc2)OCc2ccc(O)cc2)cc1. The van der Waals surface area contributed by atoms with Crippen LogP contribution in [-0.2, 0) is 45.0 Å². The van der Waals surface area contributed by atoms with E-state index < -0.39 is 6.96 Å². The molecule has 4 aromatic rings. The Morgan fingerprint density at radius 2 is 0.541 bits per heavy atom. The fraction of sp³-hybridized carbons (Fsp3) is 0.143. The van der Waals surface area contributed by atoms with Crippen molar-refractivity contribution in [3.8, 4) is 23.0 Å². The zero-order valence-corrected chi connectivity index (χ0v) is 20.1. The fourth-order valence-electron chi connectivity index (χ4n) is 3.45. The van der Waals surface area contributed by atoms with Crippen LogP contribution in [0.3, 0.4) is 0 Å². The molecule has 0 fully saturated rings. The maximum absolute atomic E-state index is 9.61. The molecule has 0 bridgehead atoms. The number of hydrogen-bond donors (Lipinski definition) is 4. The van der Waals surface area contributed by atoms with Crippen LogP contribution in [0.5, 0.6) is 23.0 Å². The summed E-state index contributed by atoms with van der Waals surface area (Å²) in [6.45, 7) is -2.52. The number of hydrogen-bond acceptors (Lipinski definition) is 8. The molecule has 0 heterocycles. The van der Waals surface area contributed by atoms with E-state index in [2.05, 4.69) is 0 Å². The van der Waals surface area contributed by atoms with Crippen molar-refractivity contribution in [3.05, 3.63) is 119 Å². The minimum Gasteiger partial charge on any atom is -0.515 e. The van der Waals surface area contributed by atoms with E-state index in [0.717, 1.165) is 22.3 Å². The first-order valence-corrected chi connectivity index (χ1v) is 11.7. The Morgan fingerprint density at radius 3 is 0.730 bits per heavy atom. The van der Waals surface area contributed by atoms with Gasteiger partial charge >= 0.3 is 6.96 Å². The molecule has 9 heteroatoms. The molecular weight excluding hydrogens is 475 g/mol. The van der Waals surface area contributed by atoms with Crippen LogP contribution < -0.4 is 0 Å². The number of aromatic hydroxyl groups is 4. The predicted molar refractivity (Wildman–Crippen MR) is 137 cm³/mol.